The van der Waals surface area contributed by atoms with E-state index >= 15 is 0 Å². The maximum Gasteiger partial charge on any atom is 0.308 e. The molecule has 0 unspecified atom stereocenters. The van der Waals surface area contributed by atoms with Crippen LogP contribution in [0.1, 0.15) is 213 Å². The lowest BCUT2D eigenvalue weighted by molar-refractivity contribution is -0.149. The molecule has 0 saturated heterocycles. The lowest BCUT2D eigenvalue weighted by atomic mass is 9.94. The monoisotopic (exact) mass is 682 g/mol. The van der Waals surface area contributed by atoms with Crippen LogP contribution in [-0.2, 0) is 19.1 Å². The van der Waals surface area contributed by atoms with E-state index in [1.54, 1.807) is 0 Å². The molecule has 1 N–H and O–H groups in total. The number of carbonyl (C=O) groups is 2. The van der Waals surface area contributed by atoms with Crippen LogP contribution in [0.4, 0.5) is 0 Å². The molecule has 0 spiro atoms. The van der Waals surface area contributed by atoms with Crippen LogP contribution in [0.15, 0.2) is 0 Å². The van der Waals surface area contributed by atoms with E-state index in [-0.39, 0.29) is 24.5 Å². The first-order valence-corrected chi connectivity index (χ1v) is 21.2. The Morgan fingerprint density at radius 2 is 0.875 bits per heavy atom. The topological polar surface area (TPSA) is 76.1 Å². The Balaban J connectivity index is 3.96. The van der Waals surface area contributed by atoms with Gasteiger partial charge in [-0.2, -0.15) is 0 Å². The summed E-state index contributed by atoms with van der Waals surface area (Å²) in [5.41, 5.74) is 0. The van der Waals surface area contributed by atoms with Crippen molar-refractivity contribution in [3.8, 4) is 0 Å². The zero-order valence-corrected chi connectivity index (χ0v) is 32.6. The summed E-state index contributed by atoms with van der Waals surface area (Å²) in [6, 6.07) is 0. The van der Waals surface area contributed by atoms with Gasteiger partial charge in [0.1, 0.15) is 0 Å². The third kappa shape index (κ3) is 33.4. The molecule has 0 saturated carbocycles. The number of esters is 2. The first-order chi connectivity index (χ1) is 23.6. The van der Waals surface area contributed by atoms with Crippen LogP contribution in [0.25, 0.3) is 0 Å². The first-order valence-electron chi connectivity index (χ1n) is 21.2. The second-order valence-corrected chi connectivity index (χ2v) is 14.5. The van der Waals surface area contributed by atoms with Crippen molar-refractivity contribution in [2.24, 2.45) is 5.92 Å². The quantitative estimate of drug-likeness (QED) is 0.0514. The normalized spacial score (nSPS) is 11.5. The number of hydrogen-bond donors (Lipinski definition) is 1. The summed E-state index contributed by atoms with van der Waals surface area (Å²) in [6.45, 7) is 10.9. The number of carbonyl (C=O) groups excluding carboxylic acids is 2. The van der Waals surface area contributed by atoms with Gasteiger partial charge >= 0.3 is 11.9 Å². The van der Waals surface area contributed by atoms with E-state index in [0.717, 1.165) is 96.7 Å². The molecule has 0 rings (SSSR count). The summed E-state index contributed by atoms with van der Waals surface area (Å²) in [4.78, 5) is 27.2. The molecule has 0 heterocycles. The van der Waals surface area contributed by atoms with Gasteiger partial charge in [0.25, 0.3) is 0 Å². The summed E-state index contributed by atoms with van der Waals surface area (Å²) in [5, 5.41) is 9.52. The molecule has 0 aliphatic carbocycles. The highest BCUT2D eigenvalue weighted by Crippen LogP contribution is 2.21. The molecule has 0 amide bonds. The number of rotatable bonds is 39. The molecule has 0 aliphatic rings. The third-order valence-corrected chi connectivity index (χ3v) is 9.79. The van der Waals surface area contributed by atoms with Crippen molar-refractivity contribution in [3.05, 3.63) is 0 Å². The van der Waals surface area contributed by atoms with Gasteiger partial charge in [-0.05, 0) is 58.0 Å². The van der Waals surface area contributed by atoms with E-state index in [0.29, 0.717) is 19.6 Å². The van der Waals surface area contributed by atoms with Crippen LogP contribution < -0.4 is 0 Å². The van der Waals surface area contributed by atoms with Gasteiger partial charge in [-0.25, -0.2) is 0 Å². The number of aliphatic hydroxyl groups excluding tert-OH is 1. The van der Waals surface area contributed by atoms with E-state index in [1.807, 2.05) is 0 Å². The van der Waals surface area contributed by atoms with Crippen molar-refractivity contribution in [1.29, 1.82) is 0 Å². The van der Waals surface area contributed by atoms with Crippen LogP contribution in [0, 0.1) is 5.92 Å². The molecule has 0 aromatic carbocycles. The number of aliphatic hydroxyl groups is 1. The Labute approximate surface area is 299 Å². The average Bonchev–Trinajstić information content (AvgIpc) is 3.08. The standard InChI is InChI=1S/C42H83NO5/c1-4-7-10-13-18-24-31-40(32-25-19-14-11-8-5-2)42(46)48-39-30-23-16-21-28-35-43(36-37-44)34-27-20-15-22-29-38-47-41(45)33-26-17-12-9-6-3/h40,44H,4-39H2,1-3H3. The van der Waals surface area contributed by atoms with Crippen molar-refractivity contribution in [2.75, 3.05) is 39.5 Å². The van der Waals surface area contributed by atoms with Gasteiger partial charge in [0, 0.05) is 13.0 Å². The van der Waals surface area contributed by atoms with Gasteiger partial charge in [0.2, 0.25) is 0 Å². The molecule has 48 heavy (non-hydrogen) atoms. The molecule has 6 nitrogen and oxygen atoms in total. The smallest absolute Gasteiger partial charge is 0.308 e. The Morgan fingerprint density at radius 1 is 0.479 bits per heavy atom. The van der Waals surface area contributed by atoms with E-state index in [2.05, 4.69) is 25.7 Å². The van der Waals surface area contributed by atoms with Crippen molar-refractivity contribution in [2.45, 2.75) is 213 Å². The van der Waals surface area contributed by atoms with Crippen LogP contribution >= 0.6 is 0 Å². The summed E-state index contributed by atoms with van der Waals surface area (Å²) >= 11 is 0. The van der Waals surface area contributed by atoms with Gasteiger partial charge in [-0.15, -0.1) is 0 Å². The van der Waals surface area contributed by atoms with Gasteiger partial charge in [0.05, 0.1) is 25.7 Å². The van der Waals surface area contributed by atoms with Crippen LogP contribution in [0.5, 0.6) is 0 Å². The first kappa shape index (κ1) is 46.9. The fourth-order valence-corrected chi connectivity index (χ4v) is 6.56. The summed E-state index contributed by atoms with van der Waals surface area (Å²) in [5.74, 6) is 0.124. The van der Waals surface area contributed by atoms with E-state index < -0.39 is 0 Å². The Hall–Kier alpha value is -1.14. The zero-order chi connectivity index (χ0) is 35.2. The predicted octanol–water partition coefficient (Wildman–Crippen LogP) is 11.7. The Bertz CT molecular complexity index is 656. The lowest BCUT2D eigenvalue weighted by Crippen LogP contribution is -2.29. The summed E-state index contributed by atoms with van der Waals surface area (Å²) in [7, 11) is 0. The molecule has 6 heteroatoms. The van der Waals surface area contributed by atoms with Crippen molar-refractivity contribution >= 4 is 11.9 Å². The second kappa shape index (κ2) is 38.7. The van der Waals surface area contributed by atoms with Crippen LogP contribution in [0.3, 0.4) is 0 Å². The molecule has 286 valence electrons. The highest BCUT2D eigenvalue weighted by Gasteiger charge is 2.19. The fourth-order valence-electron chi connectivity index (χ4n) is 6.56. The van der Waals surface area contributed by atoms with Gasteiger partial charge in [-0.1, -0.05) is 162 Å². The minimum atomic E-state index is -0.0316. The van der Waals surface area contributed by atoms with Crippen molar-refractivity contribution in [1.82, 2.24) is 4.90 Å². The highest BCUT2D eigenvalue weighted by atomic mass is 16.5. The Morgan fingerprint density at radius 3 is 1.35 bits per heavy atom. The SMILES string of the molecule is CCCCCCCCC(CCCCCCCC)C(=O)OCCCCCCCN(CCO)CCCCCCCOC(=O)CCCCCCC. The summed E-state index contributed by atoms with van der Waals surface area (Å²) < 4.78 is 11.2. The molecular weight excluding hydrogens is 598 g/mol. The average molecular weight is 682 g/mol. The highest BCUT2D eigenvalue weighted by molar-refractivity contribution is 5.72. The molecule has 0 fully saturated rings. The predicted molar refractivity (Wildman–Crippen MR) is 204 cm³/mol. The lowest BCUT2D eigenvalue weighted by Gasteiger charge is -2.21. The zero-order valence-electron chi connectivity index (χ0n) is 32.6. The number of ether oxygens (including phenoxy) is 2. The third-order valence-electron chi connectivity index (χ3n) is 9.79. The van der Waals surface area contributed by atoms with Crippen LogP contribution in [-0.4, -0.2) is 61.4 Å². The van der Waals surface area contributed by atoms with E-state index in [1.165, 1.54) is 109 Å². The largest absolute Gasteiger partial charge is 0.466 e. The van der Waals surface area contributed by atoms with E-state index in [9.17, 15) is 14.7 Å². The second-order valence-electron chi connectivity index (χ2n) is 14.5. The van der Waals surface area contributed by atoms with E-state index in [4.69, 9.17) is 9.47 Å². The number of hydrogen-bond acceptors (Lipinski definition) is 6. The maximum atomic E-state index is 12.9. The summed E-state index contributed by atoms with van der Waals surface area (Å²) in [6.07, 6.45) is 34.8. The number of nitrogens with zero attached hydrogens (tertiary/aromatic N) is 1. The van der Waals surface area contributed by atoms with Crippen molar-refractivity contribution in [3.63, 3.8) is 0 Å². The molecule has 0 aromatic heterocycles. The minimum Gasteiger partial charge on any atom is -0.466 e. The number of unbranched alkanes of at least 4 members (excludes halogenated alkanes) is 22. The molecule has 0 atom stereocenters. The molecular formula is C42H83NO5. The van der Waals surface area contributed by atoms with Crippen LogP contribution in [0.2, 0.25) is 0 Å². The van der Waals surface area contributed by atoms with Crippen molar-refractivity contribution < 1.29 is 24.2 Å². The van der Waals surface area contributed by atoms with Gasteiger partial charge in [-0.3, -0.25) is 9.59 Å². The Kier molecular flexibility index (Phi) is 37.7. The molecule has 0 radical (unpaired) electrons. The fraction of sp³-hybridized carbons (Fsp3) is 0.952. The minimum absolute atomic E-state index is 0.0316. The van der Waals surface area contributed by atoms with Gasteiger partial charge < -0.3 is 19.5 Å². The molecule has 0 bridgehead atoms. The maximum absolute atomic E-state index is 12.9. The molecule has 0 aliphatic heterocycles. The van der Waals surface area contributed by atoms with Gasteiger partial charge in [0.15, 0.2) is 0 Å². The molecule has 0 aromatic rings.